The third kappa shape index (κ3) is 6.41. The maximum Gasteiger partial charge on any atom is 0.408 e. The van der Waals surface area contributed by atoms with Crippen LogP contribution in [0.5, 0.6) is 0 Å². The number of nitrogens with one attached hydrogen (secondary N) is 2. The number of benzene rings is 1. The second-order valence-corrected chi connectivity index (χ2v) is 7.52. The summed E-state index contributed by atoms with van der Waals surface area (Å²) in [5, 5.41) is 33.9. The second-order valence-electron chi connectivity index (χ2n) is 7.52. The average molecular weight is 424 g/mol. The number of esters is 1. The second kappa shape index (κ2) is 10.9. The first-order valence-corrected chi connectivity index (χ1v) is 9.68. The van der Waals surface area contributed by atoms with E-state index in [0.717, 1.165) is 5.56 Å². The third-order valence-electron chi connectivity index (χ3n) is 4.60. The van der Waals surface area contributed by atoms with Gasteiger partial charge >= 0.3 is 12.1 Å². The van der Waals surface area contributed by atoms with Crippen LogP contribution in [0.2, 0.25) is 0 Å². The van der Waals surface area contributed by atoms with Gasteiger partial charge in [0.2, 0.25) is 5.91 Å². The van der Waals surface area contributed by atoms with E-state index in [1.807, 2.05) is 32.0 Å². The fourth-order valence-electron chi connectivity index (χ4n) is 3.04. The van der Waals surface area contributed by atoms with Gasteiger partial charge < -0.3 is 35.4 Å². The molecule has 0 bridgehead atoms. The van der Waals surface area contributed by atoms with Crippen LogP contribution in [0.1, 0.15) is 25.8 Å². The van der Waals surface area contributed by atoms with E-state index in [2.05, 4.69) is 10.6 Å². The lowest BCUT2D eigenvalue weighted by Gasteiger charge is -2.27. The van der Waals surface area contributed by atoms with Crippen LogP contribution in [-0.2, 0) is 25.7 Å². The molecule has 1 saturated heterocycles. The van der Waals surface area contributed by atoms with Crippen molar-refractivity contribution in [1.29, 1.82) is 0 Å². The Labute approximate surface area is 174 Å². The Kier molecular flexibility index (Phi) is 8.58. The van der Waals surface area contributed by atoms with Crippen molar-refractivity contribution in [3.63, 3.8) is 0 Å². The minimum Gasteiger partial charge on any atom is -0.455 e. The number of ether oxygens (including phenoxy) is 2. The highest BCUT2D eigenvalue weighted by Crippen LogP contribution is 2.19. The van der Waals surface area contributed by atoms with Gasteiger partial charge in [0.05, 0.1) is 12.6 Å². The summed E-state index contributed by atoms with van der Waals surface area (Å²) in [6.07, 6.45) is -5.17. The zero-order chi connectivity index (χ0) is 22.3. The van der Waals surface area contributed by atoms with Crippen LogP contribution in [0.15, 0.2) is 30.3 Å². The third-order valence-corrected chi connectivity index (χ3v) is 4.60. The van der Waals surface area contributed by atoms with Crippen LogP contribution in [0.4, 0.5) is 4.79 Å². The van der Waals surface area contributed by atoms with Crippen molar-refractivity contribution in [2.45, 2.75) is 57.3 Å². The van der Waals surface area contributed by atoms with Crippen molar-refractivity contribution in [3.05, 3.63) is 35.9 Å². The van der Waals surface area contributed by atoms with Crippen LogP contribution in [0.25, 0.3) is 0 Å². The zero-order valence-corrected chi connectivity index (χ0v) is 16.9. The molecule has 0 unspecified atom stereocenters. The molecular formula is C20H28N2O8. The van der Waals surface area contributed by atoms with Crippen molar-refractivity contribution in [1.82, 2.24) is 10.6 Å². The summed E-state index contributed by atoms with van der Waals surface area (Å²) in [4.78, 5) is 36.3. The molecule has 0 aliphatic carbocycles. The number of cyclic esters (lactones) is 1. The van der Waals surface area contributed by atoms with E-state index >= 15 is 0 Å². The molecule has 0 saturated carbocycles. The number of rotatable bonds is 9. The number of aliphatic hydroxyl groups excluding tert-OH is 3. The normalized spacial score (nSPS) is 22.9. The minimum atomic E-state index is -1.75. The monoisotopic (exact) mass is 424 g/mol. The maximum absolute atomic E-state index is 12.7. The quantitative estimate of drug-likeness (QED) is 0.331. The lowest BCUT2D eigenvalue weighted by molar-refractivity contribution is -0.149. The molecule has 1 aliphatic rings. The first-order chi connectivity index (χ1) is 14.2. The van der Waals surface area contributed by atoms with Crippen molar-refractivity contribution in [2.75, 3.05) is 6.61 Å². The molecule has 1 heterocycles. The number of amides is 2. The average Bonchev–Trinajstić information content (AvgIpc) is 2.97. The van der Waals surface area contributed by atoms with E-state index < -0.39 is 55.0 Å². The number of aliphatic hydroxyl groups is 3. The lowest BCUT2D eigenvalue weighted by atomic mass is 10.0. The van der Waals surface area contributed by atoms with Gasteiger partial charge in [0.25, 0.3) is 0 Å². The molecule has 30 heavy (non-hydrogen) atoms. The van der Waals surface area contributed by atoms with Gasteiger partial charge in [-0.05, 0) is 17.9 Å². The van der Waals surface area contributed by atoms with Gasteiger partial charge in [-0.25, -0.2) is 9.59 Å². The van der Waals surface area contributed by atoms with Crippen molar-refractivity contribution < 1.29 is 39.2 Å². The molecule has 10 nitrogen and oxygen atoms in total. The molecule has 2 amide bonds. The molecule has 1 fully saturated rings. The summed E-state index contributed by atoms with van der Waals surface area (Å²) < 4.78 is 9.99. The fourth-order valence-corrected chi connectivity index (χ4v) is 3.04. The Bertz CT molecular complexity index is 727. The number of hydrogen-bond acceptors (Lipinski definition) is 8. The molecule has 0 aromatic heterocycles. The summed E-state index contributed by atoms with van der Waals surface area (Å²) in [5.74, 6) is -1.65. The van der Waals surface area contributed by atoms with Crippen LogP contribution in [0, 0.1) is 5.92 Å². The van der Waals surface area contributed by atoms with Gasteiger partial charge in [-0.15, -0.1) is 0 Å². The van der Waals surface area contributed by atoms with E-state index in [1.165, 1.54) is 0 Å². The Hall–Kier alpha value is -2.69. The molecule has 0 spiro atoms. The van der Waals surface area contributed by atoms with Crippen LogP contribution in [0.3, 0.4) is 0 Å². The van der Waals surface area contributed by atoms with Crippen molar-refractivity contribution in [3.8, 4) is 0 Å². The summed E-state index contributed by atoms with van der Waals surface area (Å²) >= 11 is 0. The maximum atomic E-state index is 12.7. The SMILES string of the molecule is CC(C)C[C@H](NC(=O)OCc1ccccc1)C(=O)N[C@@H](CO)[C@H]1OC(=O)[C@@H](O)[C@@H]1O. The standard InChI is InChI=1S/C20H28N2O8/c1-11(2)8-13(22-20(28)29-10-12-6-4-3-5-7-12)18(26)21-14(9-23)17-15(24)16(25)19(27)30-17/h3-7,11,13-17,23-25H,8-10H2,1-2H3,(H,21,26)(H,22,28)/t13-,14-,15-,16-,17+/m0/s1. The van der Waals surface area contributed by atoms with Gasteiger partial charge in [-0.1, -0.05) is 44.2 Å². The van der Waals surface area contributed by atoms with Crippen LogP contribution < -0.4 is 10.6 Å². The van der Waals surface area contributed by atoms with Gasteiger partial charge in [0, 0.05) is 0 Å². The Morgan fingerprint density at radius 3 is 2.37 bits per heavy atom. The number of hydrogen-bond donors (Lipinski definition) is 5. The lowest BCUT2D eigenvalue weighted by Crippen LogP contribution is -2.56. The molecule has 2 rings (SSSR count). The summed E-state index contributed by atoms with van der Waals surface area (Å²) in [6, 6.07) is 6.89. The van der Waals surface area contributed by atoms with Gasteiger partial charge in [-0.2, -0.15) is 0 Å². The van der Waals surface area contributed by atoms with E-state index in [9.17, 15) is 29.7 Å². The Morgan fingerprint density at radius 2 is 1.83 bits per heavy atom. The highest BCUT2D eigenvalue weighted by molar-refractivity contribution is 5.86. The number of carbonyl (C=O) groups excluding carboxylic acids is 3. The molecule has 1 aromatic carbocycles. The first-order valence-electron chi connectivity index (χ1n) is 9.68. The molecule has 166 valence electrons. The molecule has 5 N–H and O–H groups in total. The van der Waals surface area contributed by atoms with E-state index in [-0.39, 0.29) is 18.9 Å². The van der Waals surface area contributed by atoms with Crippen LogP contribution >= 0.6 is 0 Å². The first kappa shape index (κ1) is 23.6. The fraction of sp³-hybridized carbons (Fsp3) is 0.550. The summed E-state index contributed by atoms with van der Waals surface area (Å²) in [5.41, 5.74) is 0.786. The Morgan fingerprint density at radius 1 is 1.17 bits per heavy atom. The van der Waals surface area contributed by atoms with Gasteiger partial charge in [-0.3, -0.25) is 4.79 Å². The van der Waals surface area contributed by atoms with E-state index in [4.69, 9.17) is 9.47 Å². The minimum absolute atomic E-state index is 0.0318. The van der Waals surface area contributed by atoms with Crippen LogP contribution in [-0.4, -0.2) is 70.3 Å². The van der Waals surface area contributed by atoms with Gasteiger partial charge in [0.15, 0.2) is 12.2 Å². The predicted octanol–water partition coefficient (Wildman–Crippen LogP) is -0.548. The molecule has 10 heteroatoms. The molecular weight excluding hydrogens is 396 g/mol. The molecule has 1 aromatic rings. The molecule has 5 atom stereocenters. The smallest absolute Gasteiger partial charge is 0.408 e. The Balaban J connectivity index is 1.97. The number of alkyl carbamates (subject to hydrolysis) is 1. The topological polar surface area (TPSA) is 154 Å². The summed E-state index contributed by atoms with van der Waals surface area (Å²) in [7, 11) is 0. The largest absolute Gasteiger partial charge is 0.455 e. The number of carbonyl (C=O) groups is 3. The van der Waals surface area contributed by atoms with E-state index in [0.29, 0.717) is 0 Å². The highest BCUT2D eigenvalue weighted by atomic mass is 16.6. The highest BCUT2D eigenvalue weighted by Gasteiger charge is 2.47. The molecule has 0 radical (unpaired) electrons. The van der Waals surface area contributed by atoms with E-state index in [1.54, 1.807) is 12.1 Å². The predicted molar refractivity (Wildman–Crippen MR) is 104 cm³/mol. The van der Waals surface area contributed by atoms with Gasteiger partial charge in [0.1, 0.15) is 18.8 Å². The summed E-state index contributed by atoms with van der Waals surface area (Å²) in [6.45, 7) is 3.10. The van der Waals surface area contributed by atoms with Crippen molar-refractivity contribution >= 4 is 18.0 Å². The zero-order valence-electron chi connectivity index (χ0n) is 16.9. The van der Waals surface area contributed by atoms with Crippen molar-refractivity contribution in [2.24, 2.45) is 5.92 Å². The molecule has 1 aliphatic heterocycles.